The van der Waals surface area contributed by atoms with Crippen molar-refractivity contribution in [3.05, 3.63) is 0 Å². The van der Waals surface area contributed by atoms with Gasteiger partial charge in [0.15, 0.2) is 0 Å². The van der Waals surface area contributed by atoms with Crippen LogP contribution in [0.4, 0.5) is 0 Å². The van der Waals surface area contributed by atoms with E-state index in [2.05, 4.69) is 62.5 Å². The number of hydrogen-bond donors (Lipinski definition) is 0. The summed E-state index contributed by atoms with van der Waals surface area (Å²) in [5, 5.41) is 0. The van der Waals surface area contributed by atoms with Gasteiger partial charge < -0.3 is 9.13 Å². The van der Waals surface area contributed by atoms with E-state index in [-0.39, 0.29) is 0 Å². The van der Waals surface area contributed by atoms with Crippen LogP contribution in [0.2, 0.25) is 39.3 Å². The lowest BCUT2D eigenvalue weighted by molar-refractivity contribution is 0.196. The molecule has 2 atom stereocenters. The lowest BCUT2D eigenvalue weighted by Gasteiger charge is -2.46. The minimum atomic E-state index is -1.13. The second kappa shape index (κ2) is 5.77. The molecule has 108 valence electrons. The Kier molecular flexibility index (Phi) is 5.26. The first-order chi connectivity index (χ1) is 8.03. The van der Waals surface area contributed by atoms with Crippen LogP contribution in [0.3, 0.4) is 0 Å². The third-order valence-corrected chi connectivity index (χ3v) is 9.79. The van der Waals surface area contributed by atoms with Crippen LogP contribution in [-0.4, -0.2) is 51.8 Å². The van der Waals surface area contributed by atoms with Crippen LogP contribution in [0, 0.1) is 0 Å². The summed E-state index contributed by atoms with van der Waals surface area (Å²) in [6.45, 7) is 14.8. The second-order valence-corrected chi connectivity index (χ2v) is 18.1. The molecule has 0 heterocycles. The van der Waals surface area contributed by atoms with Gasteiger partial charge in [-0.05, 0) is 33.4 Å². The Morgan fingerprint density at radius 2 is 1.06 bits per heavy atom. The fourth-order valence-electron chi connectivity index (χ4n) is 2.94. The Morgan fingerprint density at radius 1 is 0.722 bits per heavy atom. The zero-order valence-electron chi connectivity index (χ0n) is 13.9. The molecule has 0 aromatic heterocycles. The van der Waals surface area contributed by atoms with E-state index in [9.17, 15) is 0 Å². The third kappa shape index (κ3) is 4.18. The monoisotopic (exact) mass is 286 g/mol. The van der Waals surface area contributed by atoms with Crippen LogP contribution >= 0.6 is 0 Å². The van der Waals surface area contributed by atoms with E-state index < -0.39 is 16.5 Å². The van der Waals surface area contributed by atoms with Crippen molar-refractivity contribution in [2.75, 3.05) is 14.1 Å². The summed E-state index contributed by atoms with van der Waals surface area (Å²) in [4.78, 5) is 0. The first-order valence-electron chi connectivity index (χ1n) is 7.49. The van der Waals surface area contributed by atoms with Crippen LogP contribution in [0.5, 0.6) is 0 Å². The molecular weight excluding hydrogens is 252 g/mol. The molecule has 1 saturated carbocycles. The summed E-state index contributed by atoms with van der Waals surface area (Å²) in [6, 6.07) is 1.66. The van der Waals surface area contributed by atoms with E-state index in [0.29, 0.717) is 0 Å². The summed E-state index contributed by atoms with van der Waals surface area (Å²) in [6.07, 6.45) is 5.63. The number of rotatable bonds is 4. The van der Waals surface area contributed by atoms with Crippen LogP contribution in [0.25, 0.3) is 0 Å². The van der Waals surface area contributed by atoms with E-state index in [1.165, 1.54) is 25.7 Å². The lowest BCUT2D eigenvalue weighted by atomic mass is 9.91. The van der Waals surface area contributed by atoms with Crippen molar-refractivity contribution in [2.24, 2.45) is 0 Å². The molecule has 0 bridgehead atoms. The molecule has 0 aliphatic heterocycles. The van der Waals surface area contributed by atoms with Crippen molar-refractivity contribution >= 4 is 16.5 Å². The van der Waals surface area contributed by atoms with E-state index in [1.54, 1.807) is 0 Å². The van der Waals surface area contributed by atoms with E-state index in [0.717, 1.165) is 12.1 Å². The van der Waals surface area contributed by atoms with Gasteiger partial charge in [0.05, 0.1) is 0 Å². The van der Waals surface area contributed by atoms with E-state index >= 15 is 0 Å². The number of nitrogens with zero attached hydrogens (tertiary/aromatic N) is 2. The van der Waals surface area contributed by atoms with E-state index in [4.69, 9.17) is 0 Å². The van der Waals surface area contributed by atoms with Gasteiger partial charge in [0, 0.05) is 12.1 Å². The molecule has 4 heteroatoms. The maximum Gasteiger partial charge on any atom is 0.119 e. The highest BCUT2D eigenvalue weighted by Gasteiger charge is 2.35. The zero-order chi connectivity index (χ0) is 14.1. The smallest absolute Gasteiger partial charge is 0.119 e. The molecule has 0 N–H and O–H groups in total. The van der Waals surface area contributed by atoms with Gasteiger partial charge in [-0.1, -0.05) is 45.7 Å². The van der Waals surface area contributed by atoms with Crippen molar-refractivity contribution in [3.8, 4) is 0 Å². The molecule has 0 amide bonds. The molecule has 2 unspecified atom stereocenters. The van der Waals surface area contributed by atoms with Crippen molar-refractivity contribution in [3.63, 3.8) is 0 Å². The van der Waals surface area contributed by atoms with Crippen LogP contribution in [0.1, 0.15) is 25.7 Å². The molecular formula is C14H34N2Si2. The molecule has 18 heavy (non-hydrogen) atoms. The average molecular weight is 287 g/mol. The first-order valence-corrected chi connectivity index (χ1v) is 14.4. The summed E-state index contributed by atoms with van der Waals surface area (Å²) < 4.78 is 5.47. The quantitative estimate of drug-likeness (QED) is 0.725. The summed E-state index contributed by atoms with van der Waals surface area (Å²) >= 11 is 0. The van der Waals surface area contributed by atoms with Gasteiger partial charge in [0.2, 0.25) is 0 Å². The second-order valence-electron chi connectivity index (χ2n) is 8.04. The predicted molar refractivity (Wildman–Crippen MR) is 88.3 cm³/mol. The van der Waals surface area contributed by atoms with Gasteiger partial charge in [-0.3, -0.25) is 0 Å². The minimum absolute atomic E-state index is 0.828. The molecule has 1 rings (SSSR count). The van der Waals surface area contributed by atoms with Gasteiger partial charge in [-0.15, -0.1) is 0 Å². The molecule has 1 aliphatic rings. The van der Waals surface area contributed by atoms with Crippen molar-refractivity contribution in [2.45, 2.75) is 77.0 Å². The van der Waals surface area contributed by atoms with Crippen molar-refractivity contribution in [1.29, 1.82) is 0 Å². The van der Waals surface area contributed by atoms with Crippen LogP contribution in [0.15, 0.2) is 0 Å². The van der Waals surface area contributed by atoms with E-state index in [1.807, 2.05) is 0 Å². The maximum atomic E-state index is 2.73. The first kappa shape index (κ1) is 16.4. The van der Waals surface area contributed by atoms with Crippen LogP contribution in [-0.2, 0) is 0 Å². The van der Waals surface area contributed by atoms with Gasteiger partial charge in [0.25, 0.3) is 0 Å². The largest absolute Gasteiger partial charge is 0.324 e. The highest BCUT2D eigenvalue weighted by molar-refractivity contribution is 6.73. The van der Waals surface area contributed by atoms with Crippen molar-refractivity contribution in [1.82, 2.24) is 9.13 Å². The lowest BCUT2D eigenvalue weighted by Crippen LogP contribution is -2.56. The highest BCUT2D eigenvalue weighted by atomic mass is 28.3. The van der Waals surface area contributed by atoms with Crippen LogP contribution < -0.4 is 0 Å². The molecule has 2 nitrogen and oxygen atoms in total. The SMILES string of the molecule is CN(C1CCCC(N(C)[Si](C)(C)C)C1)[Si](C)(C)C. The Labute approximate surface area is 117 Å². The minimum Gasteiger partial charge on any atom is -0.324 e. The fourth-order valence-corrected chi connectivity index (χ4v) is 5.60. The molecule has 1 aliphatic carbocycles. The average Bonchev–Trinajstić information content (AvgIpc) is 2.24. The van der Waals surface area contributed by atoms with Gasteiger partial charge >= 0.3 is 0 Å². The third-order valence-electron chi connectivity index (χ3n) is 4.83. The van der Waals surface area contributed by atoms with Gasteiger partial charge in [-0.25, -0.2) is 0 Å². The molecule has 0 saturated heterocycles. The topological polar surface area (TPSA) is 6.48 Å². The standard InChI is InChI=1S/C14H34N2Si2/c1-15(17(3,4)5)13-10-9-11-14(12-13)16(2)18(6,7)8/h13-14H,9-12H2,1-8H3. The molecule has 0 radical (unpaired) electrons. The highest BCUT2D eigenvalue weighted by Crippen LogP contribution is 2.30. The molecule has 0 aromatic rings. The zero-order valence-corrected chi connectivity index (χ0v) is 15.9. The molecule has 0 spiro atoms. The summed E-state index contributed by atoms with van der Waals surface area (Å²) in [5.74, 6) is 0. The Bertz CT molecular complexity index is 242. The van der Waals surface area contributed by atoms with Crippen molar-refractivity contribution < 1.29 is 0 Å². The molecule has 0 aromatic carbocycles. The predicted octanol–water partition coefficient (Wildman–Crippen LogP) is 3.83. The fraction of sp³-hybridized carbons (Fsp3) is 1.00. The maximum absolute atomic E-state index is 2.73. The Hall–Kier alpha value is 0.354. The summed E-state index contributed by atoms with van der Waals surface area (Å²) in [5.41, 5.74) is 0. The van der Waals surface area contributed by atoms with Gasteiger partial charge in [0.1, 0.15) is 16.5 Å². The van der Waals surface area contributed by atoms with Gasteiger partial charge in [-0.2, -0.15) is 0 Å². The normalized spacial score (nSPS) is 27.0. The Balaban J connectivity index is 2.67. The number of hydrogen-bond acceptors (Lipinski definition) is 2. The summed E-state index contributed by atoms with van der Waals surface area (Å²) in [7, 11) is 2.47. The Morgan fingerprint density at radius 3 is 1.33 bits per heavy atom. The molecule has 1 fully saturated rings.